The van der Waals surface area contributed by atoms with E-state index in [4.69, 9.17) is 0 Å². The lowest BCUT2D eigenvalue weighted by Crippen LogP contribution is -2.34. The average Bonchev–Trinajstić information content (AvgIpc) is 2.46. The molecule has 0 spiro atoms. The molecule has 1 aromatic heterocycles. The molecular formula is C15H21N3O. The van der Waals surface area contributed by atoms with Gasteiger partial charge in [0.25, 0.3) is 5.56 Å². The quantitative estimate of drug-likeness (QED) is 0.826. The predicted octanol–water partition coefficient (Wildman–Crippen LogP) is 2.26. The van der Waals surface area contributed by atoms with Gasteiger partial charge in [0.1, 0.15) is 5.82 Å². The number of aryl methyl sites for hydroxylation is 1. The second kappa shape index (κ2) is 5.97. The van der Waals surface area contributed by atoms with Crippen LogP contribution >= 0.6 is 0 Å². The molecule has 0 saturated carbocycles. The second-order valence-electron chi connectivity index (χ2n) is 4.58. The Morgan fingerprint density at radius 2 is 1.84 bits per heavy atom. The zero-order valence-corrected chi connectivity index (χ0v) is 11.9. The van der Waals surface area contributed by atoms with Crippen molar-refractivity contribution in [1.29, 1.82) is 0 Å². The molecule has 19 heavy (non-hydrogen) atoms. The Labute approximate surface area is 113 Å². The first-order valence-electron chi connectivity index (χ1n) is 6.92. The molecule has 0 radical (unpaired) electrons. The van der Waals surface area contributed by atoms with Crippen LogP contribution in [0.4, 0.5) is 0 Å². The summed E-state index contributed by atoms with van der Waals surface area (Å²) in [6, 6.07) is 7.56. The molecule has 0 aliphatic rings. The molecule has 2 aromatic rings. The van der Waals surface area contributed by atoms with Crippen LogP contribution < -0.4 is 5.56 Å². The van der Waals surface area contributed by atoms with Crippen molar-refractivity contribution in [3.05, 3.63) is 40.4 Å². The van der Waals surface area contributed by atoms with Crippen LogP contribution in [0.5, 0.6) is 0 Å². The number of para-hydroxylation sites is 1. The largest absolute Gasteiger partial charge is 0.286 e. The third-order valence-corrected chi connectivity index (χ3v) is 3.49. The number of benzene rings is 1. The molecule has 4 heteroatoms. The topological polar surface area (TPSA) is 38.1 Å². The van der Waals surface area contributed by atoms with Crippen molar-refractivity contribution in [2.75, 3.05) is 13.1 Å². The minimum atomic E-state index is 0.0642. The fourth-order valence-corrected chi connectivity index (χ4v) is 2.25. The first kappa shape index (κ1) is 13.7. The molecule has 1 aromatic carbocycles. The van der Waals surface area contributed by atoms with E-state index >= 15 is 0 Å². The van der Waals surface area contributed by atoms with Gasteiger partial charge in [-0.05, 0) is 25.2 Å². The van der Waals surface area contributed by atoms with E-state index in [1.165, 1.54) is 0 Å². The van der Waals surface area contributed by atoms with E-state index in [-0.39, 0.29) is 5.56 Å². The van der Waals surface area contributed by atoms with Crippen molar-refractivity contribution in [2.24, 2.45) is 0 Å². The van der Waals surface area contributed by atoms with Gasteiger partial charge >= 0.3 is 0 Å². The van der Waals surface area contributed by atoms with E-state index < -0.39 is 0 Å². The van der Waals surface area contributed by atoms with Gasteiger partial charge in [0.05, 0.1) is 17.6 Å². The summed E-state index contributed by atoms with van der Waals surface area (Å²) < 4.78 is 1.80. The van der Waals surface area contributed by atoms with Gasteiger partial charge in [-0.2, -0.15) is 0 Å². The summed E-state index contributed by atoms with van der Waals surface area (Å²) >= 11 is 0. The van der Waals surface area contributed by atoms with Crippen LogP contribution in [0.15, 0.2) is 29.1 Å². The molecule has 4 nitrogen and oxygen atoms in total. The monoisotopic (exact) mass is 259 g/mol. The van der Waals surface area contributed by atoms with Gasteiger partial charge in [0, 0.05) is 6.42 Å². The summed E-state index contributed by atoms with van der Waals surface area (Å²) in [4.78, 5) is 19.4. The van der Waals surface area contributed by atoms with Gasteiger partial charge in [0.2, 0.25) is 0 Å². The molecule has 0 saturated heterocycles. The summed E-state index contributed by atoms with van der Waals surface area (Å²) in [6.07, 6.45) is 0.765. The Balaban J connectivity index is 2.58. The number of hydrogen-bond donors (Lipinski definition) is 0. The van der Waals surface area contributed by atoms with Gasteiger partial charge in [-0.15, -0.1) is 0 Å². The minimum Gasteiger partial charge on any atom is -0.286 e. The number of nitrogens with zero attached hydrogens (tertiary/aromatic N) is 3. The van der Waals surface area contributed by atoms with E-state index in [0.29, 0.717) is 12.1 Å². The molecule has 2 rings (SSSR count). The molecule has 0 atom stereocenters. The fraction of sp³-hybridized carbons (Fsp3) is 0.467. The van der Waals surface area contributed by atoms with Crippen LogP contribution in [0.3, 0.4) is 0 Å². The van der Waals surface area contributed by atoms with E-state index in [1.54, 1.807) is 4.57 Å². The molecule has 0 unspecified atom stereocenters. The van der Waals surface area contributed by atoms with Crippen LogP contribution in [0.25, 0.3) is 10.9 Å². The number of aromatic nitrogens is 2. The van der Waals surface area contributed by atoms with Crippen LogP contribution in [-0.4, -0.2) is 27.5 Å². The molecule has 0 N–H and O–H groups in total. The first-order valence-corrected chi connectivity index (χ1v) is 6.92. The minimum absolute atomic E-state index is 0.0642. The Morgan fingerprint density at radius 1 is 1.16 bits per heavy atom. The number of rotatable bonds is 5. The van der Waals surface area contributed by atoms with Crippen LogP contribution in [-0.2, 0) is 13.1 Å². The Morgan fingerprint density at radius 3 is 2.47 bits per heavy atom. The van der Waals surface area contributed by atoms with Crippen molar-refractivity contribution in [3.8, 4) is 0 Å². The lowest BCUT2D eigenvalue weighted by Gasteiger charge is -2.21. The highest BCUT2D eigenvalue weighted by Crippen LogP contribution is 2.09. The Bertz CT molecular complexity index is 614. The first-order chi connectivity index (χ1) is 9.21. The summed E-state index contributed by atoms with van der Waals surface area (Å²) in [5, 5.41) is 0.701. The molecule has 0 fully saturated rings. The summed E-state index contributed by atoms with van der Waals surface area (Å²) in [6.45, 7) is 8.73. The summed E-state index contributed by atoms with van der Waals surface area (Å²) in [5.41, 5.74) is 0.856. The molecule has 0 bridgehead atoms. The Kier molecular flexibility index (Phi) is 4.32. The lowest BCUT2D eigenvalue weighted by molar-refractivity contribution is 0.234. The summed E-state index contributed by atoms with van der Waals surface area (Å²) in [5.74, 6) is 0.857. The van der Waals surface area contributed by atoms with Crippen LogP contribution in [0.1, 0.15) is 26.6 Å². The maximum atomic E-state index is 12.6. The van der Waals surface area contributed by atoms with Crippen molar-refractivity contribution < 1.29 is 0 Å². The maximum Gasteiger partial charge on any atom is 0.262 e. The zero-order valence-electron chi connectivity index (χ0n) is 11.9. The average molecular weight is 259 g/mol. The van der Waals surface area contributed by atoms with Crippen molar-refractivity contribution in [3.63, 3.8) is 0 Å². The highest BCUT2D eigenvalue weighted by molar-refractivity contribution is 5.77. The molecule has 102 valence electrons. The van der Waals surface area contributed by atoms with E-state index in [2.05, 4.69) is 23.7 Å². The SMILES string of the molecule is CCc1nc2ccccc2c(=O)n1CN(CC)CC. The highest BCUT2D eigenvalue weighted by Gasteiger charge is 2.11. The Hall–Kier alpha value is -1.68. The van der Waals surface area contributed by atoms with Crippen molar-refractivity contribution >= 4 is 10.9 Å². The molecule has 1 heterocycles. The van der Waals surface area contributed by atoms with E-state index in [0.717, 1.165) is 30.9 Å². The van der Waals surface area contributed by atoms with E-state index in [1.807, 2.05) is 31.2 Å². The molecule has 0 aliphatic heterocycles. The van der Waals surface area contributed by atoms with Gasteiger partial charge in [0.15, 0.2) is 0 Å². The highest BCUT2D eigenvalue weighted by atomic mass is 16.1. The second-order valence-corrected chi connectivity index (χ2v) is 4.58. The van der Waals surface area contributed by atoms with Crippen molar-refractivity contribution in [2.45, 2.75) is 33.9 Å². The molecule has 0 amide bonds. The zero-order chi connectivity index (χ0) is 13.8. The van der Waals surface area contributed by atoms with E-state index in [9.17, 15) is 4.79 Å². The van der Waals surface area contributed by atoms with Gasteiger partial charge in [-0.1, -0.05) is 32.9 Å². The van der Waals surface area contributed by atoms with Gasteiger partial charge in [-0.25, -0.2) is 4.98 Å². The van der Waals surface area contributed by atoms with Crippen LogP contribution in [0.2, 0.25) is 0 Å². The summed E-state index contributed by atoms with van der Waals surface area (Å²) in [7, 11) is 0. The standard InChI is InChI=1S/C15H21N3O/c1-4-14-16-13-10-8-7-9-12(13)15(19)18(14)11-17(5-2)6-3/h7-10H,4-6,11H2,1-3H3. The smallest absolute Gasteiger partial charge is 0.262 e. The number of fused-ring (bicyclic) bond motifs is 1. The molecular weight excluding hydrogens is 238 g/mol. The third-order valence-electron chi connectivity index (χ3n) is 3.49. The maximum absolute atomic E-state index is 12.6. The van der Waals surface area contributed by atoms with Gasteiger partial charge < -0.3 is 0 Å². The van der Waals surface area contributed by atoms with Crippen LogP contribution in [0, 0.1) is 0 Å². The fourth-order valence-electron chi connectivity index (χ4n) is 2.25. The lowest BCUT2D eigenvalue weighted by atomic mass is 10.2. The normalized spacial score (nSPS) is 11.4. The van der Waals surface area contributed by atoms with Crippen molar-refractivity contribution in [1.82, 2.24) is 14.5 Å². The third kappa shape index (κ3) is 2.68. The number of hydrogen-bond acceptors (Lipinski definition) is 3. The predicted molar refractivity (Wildman–Crippen MR) is 78.3 cm³/mol. The van der Waals surface area contributed by atoms with Gasteiger partial charge in [-0.3, -0.25) is 14.3 Å². The molecule has 0 aliphatic carbocycles.